The van der Waals surface area contributed by atoms with E-state index in [4.69, 9.17) is 9.47 Å². The topological polar surface area (TPSA) is 72.8 Å². The van der Waals surface area contributed by atoms with E-state index in [0.29, 0.717) is 23.7 Å². The summed E-state index contributed by atoms with van der Waals surface area (Å²) in [5.41, 5.74) is 4.73. The summed E-state index contributed by atoms with van der Waals surface area (Å²) < 4.78 is 13.1. The Bertz CT molecular complexity index is 1010. The van der Waals surface area contributed by atoms with E-state index < -0.39 is 0 Å². The Kier molecular flexibility index (Phi) is 7.37. The zero-order valence-corrected chi connectivity index (χ0v) is 18.6. The van der Waals surface area contributed by atoms with Crippen LogP contribution in [0.1, 0.15) is 21.5 Å². The number of pyridine rings is 1. The molecule has 29 heavy (non-hydrogen) atoms. The lowest BCUT2D eigenvalue weighted by molar-refractivity contribution is 0.0955. The van der Waals surface area contributed by atoms with Crippen LogP contribution in [0.2, 0.25) is 0 Å². The molecule has 0 spiro atoms. The summed E-state index contributed by atoms with van der Waals surface area (Å²) in [6.07, 6.45) is 4.63. The first-order valence-electron chi connectivity index (χ1n) is 8.55. The average molecular weight is 519 g/mol. The Morgan fingerprint density at radius 1 is 1.10 bits per heavy atom. The molecule has 1 amide bonds. The third kappa shape index (κ3) is 5.88. The van der Waals surface area contributed by atoms with Gasteiger partial charge in [0.05, 0.1) is 13.3 Å². The van der Waals surface area contributed by atoms with E-state index in [9.17, 15) is 4.79 Å². The summed E-state index contributed by atoms with van der Waals surface area (Å²) >= 11 is 6.92. The van der Waals surface area contributed by atoms with Gasteiger partial charge in [-0.25, -0.2) is 5.43 Å². The largest absolute Gasteiger partial charge is 0.493 e. The van der Waals surface area contributed by atoms with Crippen LogP contribution in [0.4, 0.5) is 0 Å². The summed E-state index contributed by atoms with van der Waals surface area (Å²) in [4.78, 5) is 15.9. The second-order valence-corrected chi connectivity index (χ2v) is 7.64. The van der Waals surface area contributed by atoms with Crippen molar-refractivity contribution in [3.05, 3.63) is 86.6 Å². The Balaban J connectivity index is 1.68. The molecule has 0 saturated heterocycles. The molecule has 1 N–H and O–H groups in total. The molecular formula is C21H17Br2N3O3. The highest BCUT2D eigenvalue weighted by Crippen LogP contribution is 2.33. The maximum absolute atomic E-state index is 12.0. The highest BCUT2D eigenvalue weighted by molar-refractivity contribution is 9.10. The van der Waals surface area contributed by atoms with Crippen molar-refractivity contribution in [1.82, 2.24) is 10.4 Å². The quantitative estimate of drug-likeness (QED) is 0.354. The maximum atomic E-state index is 12.0. The molecule has 0 radical (unpaired) electrons. The molecule has 3 rings (SSSR count). The van der Waals surface area contributed by atoms with Gasteiger partial charge in [0, 0.05) is 32.5 Å². The fraction of sp³-hybridized carbons (Fsp3) is 0.0952. The van der Waals surface area contributed by atoms with Gasteiger partial charge >= 0.3 is 0 Å². The van der Waals surface area contributed by atoms with Crippen molar-refractivity contribution >= 4 is 44.0 Å². The van der Waals surface area contributed by atoms with Crippen LogP contribution in [0.25, 0.3) is 0 Å². The lowest BCUT2D eigenvalue weighted by Crippen LogP contribution is -2.17. The van der Waals surface area contributed by atoms with Crippen molar-refractivity contribution in [2.24, 2.45) is 5.10 Å². The van der Waals surface area contributed by atoms with Gasteiger partial charge in [-0.15, -0.1) is 0 Å². The van der Waals surface area contributed by atoms with Crippen LogP contribution in [0.15, 0.2) is 75.0 Å². The van der Waals surface area contributed by atoms with Crippen LogP contribution >= 0.6 is 31.9 Å². The number of hydrogen-bond donors (Lipinski definition) is 1. The number of methoxy groups -OCH3 is 1. The first kappa shape index (κ1) is 21.0. The van der Waals surface area contributed by atoms with E-state index >= 15 is 0 Å². The molecule has 0 aliphatic rings. The summed E-state index contributed by atoms with van der Waals surface area (Å²) in [7, 11) is 1.57. The van der Waals surface area contributed by atoms with E-state index in [1.807, 2.05) is 30.3 Å². The molecular weight excluding hydrogens is 502 g/mol. The Hall–Kier alpha value is -2.71. The zero-order chi connectivity index (χ0) is 20.6. The number of aromatic nitrogens is 1. The number of carbonyl (C=O) groups is 1. The number of hydrogen-bond acceptors (Lipinski definition) is 5. The van der Waals surface area contributed by atoms with E-state index in [0.717, 1.165) is 20.1 Å². The number of ether oxygens (including phenoxy) is 2. The van der Waals surface area contributed by atoms with Gasteiger partial charge in [0.25, 0.3) is 5.91 Å². The molecule has 8 heteroatoms. The molecule has 1 aromatic heterocycles. The first-order valence-corrected chi connectivity index (χ1v) is 10.1. The minimum absolute atomic E-state index is 0.318. The number of nitrogens with zero attached hydrogens (tertiary/aromatic N) is 2. The number of hydrazone groups is 1. The summed E-state index contributed by atoms with van der Waals surface area (Å²) in [5.74, 6) is 0.841. The van der Waals surface area contributed by atoms with E-state index in [1.165, 1.54) is 6.21 Å². The van der Waals surface area contributed by atoms with Crippen molar-refractivity contribution in [3.63, 3.8) is 0 Å². The second-order valence-electron chi connectivity index (χ2n) is 5.87. The molecule has 6 nitrogen and oxygen atoms in total. The molecule has 0 aliphatic heterocycles. The minimum atomic E-state index is -0.318. The fourth-order valence-corrected chi connectivity index (χ4v) is 3.08. The van der Waals surface area contributed by atoms with Gasteiger partial charge in [-0.1, -0.05) is 28.1 Å². The molecule has 0 bridgehead atoms. The highest BCUT2D eigenvalue weighted by Gasteiger charge is 2.10. The Morgan fingerprint density at radius 2 is 1.83 bits per heavy atom. The third-order valence-corrected chi connectivity index (χ3v) is 5.12. The lowest BCUT2D eigenvalue weighted by atomic mass is 10.2. The summed E-state index contributed by atoms with van der Waals surface area (Å²) in [5, 5.41) is 4.01. The average Bonchev–Trinajstić information content (AvgIpc) is 2.75. The normalized spacial score (nSPS) is 10.7. The van der Waals surface area contributed by atoms with E-state index in [-0.39, 0.29) is 5.91 Å². The van der Waals surface area contributed by atoms with Crippen molar-refractivity contribution in [2.75, 3.05) is 7.11 Å². The van der Waals surface area contributed by atoms with Crippen LogP contribution in [-0.2, 0) is 6.61 Å². The maximum Gasteiger partial charge on any atom is 0.271 e. The van der Waals surface area contributed by atoms with Gasteiger partial charge in [-0.05, 0) is 57.9 Å². The number of carbonyl (C=O) groups excluding carboxylic acids is 1. The molecule has 1 heterocycles. The van der Waals surface area contributed by atoms with E-state index in [1.54, 1.807) is 37.7 Å². The van der Waals surface area contributed by atoms with Gasteiger partial charge in [-0.2, -0.15) is 5.10 Å². The zero-order valence-electron chi connectivity index (χ0n) is 15.4. The molecule has 148 valence electrons. The molecule has 0 unspecified atom stereocenters. The van der Waals surface area contributed by atoms with Crippen molar-refractivity contribution in [2.45, 2.75) is 6.61 Å². The molecule has 0 fully saturated rings. The van der Waals surface area contributed by atoms with Crippen LogP contribution < -0.4 is 14.9 Å². The van der Waals surface area contributed by atoms with Crippen LogP contribution in [0.5, 0.6) is 11.5 Å². The minimum Gasteiger partial charge on any atom is -0.493 e. The van der Waals surface area contributed by atoms with Gasteiger partial charge < -0.3 is 9.47 Å². The van der Waals surface area contributed by atoms with Gasteiger partial charge in [0.2, 0.25) is 0 Å². The van der Waals surface area contributed by atoms with Crippen LogP contribution in [0.3, 0.4) is 0 Å². The Labute approximate surface area is 185 Å². The lowest BCUT2D eigenvalue weighted by Gasteiger charge is -2.13. The summed E-state index contributed by atoms with van der Waals surface area (Å²) in [6, 6.07) is 14.7. The number of benzene rings is 2. The predicted octanol–water partition coefficient (Wildman–Crippen LogP) is 4.96. The Morgan fingerprint density at radius 3 is 2.52 bits per heavy atom. The molecule has 0 aliphatic carbocycles. The SMILES string of the molecule is COc1cc(/C=N/NC(=O)c2ccncc2)c(Br)cc1OCc1ccc(Br)cc1. The number of amides is 1. The first-order chi connectivity index (χ1) is 14.1. The van der Waals surface area contributed by atoms with E-state index in [2.05, 4.69) is 47.4 Å². The number of halogens is 2. The third-order valence-electron chi connectivity index (χ3n) is 3.90. The van der Waals surface area contributed by atoms with Crippen molar-refractivity contribution < 1.29 is 14.3 Å². The fourth-order valence-electron chi connectivity index (χ4n) is 2.39. The van der Waals surface area contributed by atoms with Crippen molar-refractivity contribution in [1.29, 1.82) is 0 Å². The predicted molar refractivity (Wildman–Crippen MR) is 118 cm³/mol. The second kappa shape index (κ2) is 10.2. The van der Waals surface area contributed by atoms with Gasteiger partial charge in [-0.3, -0.25) is 9.78 Å². The van der Waals surface area contributed by atoms with Crippen LogP contribution in [-0.4, -0.2) is 24.2 Å². The number of nitrogens with one attached hydrogen (secondary N) is 1. The number of rotatable bonds is 7. The van der Waals surface area contributed by atoms with Crippen molar-refractivity contribution in [3.8, 4) is 11.5 Å². The van der Waals surface area contributed by atoms with Crippen LogP contribution in [0, 0.1) is 0 Å². The highest BCUT2D eigenvalue weighted by atomic mass is 79.9. The molecule has 0 atom stereocenters. The monoisotopic (exact) mass is 517 g/mol. The summed E-state index contributed by atoms with van der Waals surface area (Å²) in [6.45, 7) is 0.408. The molecule has 2 aromatic carbocycles. The molecule has 0 saturated carbocycles. The van der Waals surface area contributed by atoms with Gasteiger partial charge in [0.1, 0.15) is 6.61 Å². The standard InChI is InChI=1S/C21H17Br2N3O3/c1-28-19-10-16(12-25-26-21(27)15-6-8-24-9-7-15)18(23)11-20(19)29-13-14-2-4-17(22)5-3-14/h2-12H,13H2,1H3,(H,26,27)/b25-12+. The molecule has 3 aromatic rings. The van der Waals surface area contributed by atoms with Gasteiger partial charge in [0.15, 0.2) is 11.5 Å². The smallest absolute Gasteiger partial charge is 0.271 e.